The molecule has 2 N–H and O–H groups in total. The number of ether oxygens (including phenoxy) is 2. The first-order chi connectivity index (χ1) is 8.78. The number of nitrogens with two attached hydrogens (primary N) is 1. The van der Waals surface area contributed by atoms with Crippen LogP contribution in [0.3, 0.4) is 0 Å². The molecule has 4 heteroatoms. The molecule has 0 fully saturated rings. The van der Waals surface area contributed by atoms with Crippen molar-refractivity contribution in [2.24, 2.45) is 5.73 Å². The number of rotatable bonds is 2. The summed E-state index contributed by atoms with van der Waals surface area (Å²) in [5.74, 6) is 1.64. The summed E-state index contributed by atoms with van der Waals surface area (Å²) in [6.45, 7) is 0. The largest absolute Gasteiger partial charge is 0.497 e. The number of thiophene rings is 1. The van der Waals surface area contributed by atoms with Crippen molar-refractivity contribution in [3.63, 3.8) is 0 Å². The quantitative estimate of drug-likeness (QED) is 0.902. The second kappa shape index (κ2) is 4.63. The van der Waals surface area contributed by atoms with Crippen LogP contribution >= 0.6 is 11.3 Å². The number of fused-ring (bicyclic) bond motifs is 1. The molecule has 2 heterocycles. The minimum Gasteiger partial charge on any atom is -0.497 e. The van der Waals surface area contributed by atoms with Crippen LogP contribution in [0.4, 0.5) is 0 Å². The maximum Gasteiger partial charge on any atom is 0.128 e. The third kappa shape index (κ3) is 1.98. The molecule has 1 aromatic carbocycles. The van der Waals surface area contributed by atoms with E-state index in [1.807, 2.05) is 18.2 Å². The van der Waals surface area contributed by atoms with E-state index in [0.717, 1.165) is 23.5 Å². The second-order valence-corrected chi connectivity index (χ2v) is 5.19. The summed E-state index contributed by atoms with van der Waals surface area (Å²) in [4.78, 5) is 0. The van der Waals surface area contributed by atoms with E-state index in [1.165, 1.54) is 5.56 Å². The predicted octanol–water partition coefficient (Wildman–Crippen LogP) is 3.28. The van der Waals surface area contributed by atoms with E-state index in [1.54, 1.807) is 18.4 Å². The highest BCUT2D eigenvalue weighted by atomic mass is 32.1. The van der Waals surface area contributed by atoms with Gasteiger partial charge in [-0.25, -0.2) is 0 Å². The summed E-state index contributed by atoms with van der Waals surface area (Å²) in [7, 11) is 1.65. The maximum atomic E-state index is 6.22. The SMILES string of the molecule is COc1ccc2c(c1)OC(c1ccsc1)C[C@H]2N. The van der Waals surface area contributed by atoms with Gasteiger partial charge in [-0.3, -0.25) is 0 Å². The lowest BCUT2D eigenvalue weighted by Gasteiger charge is -2.30. The lowest BCUT2D eigenvalue weighted by Crippen LogP contribution is -2.23. The van der Waals surface area contributed by atoms with Crippen molar-refractivity contribution in [1.82, 2.24) is 0 Å². The van der Waals surface area contributed by atoms with Crippen LogP contribution in [0.1, 0.15) is 29.7 Å². The maximum absolute atomic E-state index is 6.22. The second-order valence-electron chi connectivity index (χ2n) is 4.41. The van der Waals surface area contributed by atoms with E-state index < -0.39 is 0 Å². The highest BCUT2D eigenvalue weighted by Gasteiger charge is 2.27. The summed E-state index contributed by atoms with van der Waals surface area (Å²) in [6.07, 6.45) is 0.863. The molecule has 0 radical (unpaired) electrons. The van der Waals surface area contributed by atoms with Crippen molar-refractivity contribution in [2.45, 2.75) is 18.6 Å². The molecule has 0 saturated carbocycles. The van der Waals surface area contributed by atoms with E-state index in [9.17, 15) is 0 Å². The van der Waals surface area contributed by atoms with E-state index in [0.29, 0.717) is 0 Å². The molecule has 18 heavy (non-hydrogen) atoms. The van der Waals surface area contributed by atoms with Crippen molar-refractivity contribution < 1.29 is 9.47 Å². The van der Waals surface area contributed by atoms with Gasteiger partial charge in [-0.05, 0) is 22.9 Å². The third-order valence-corrected chi connectivity index (χ3v) is 3.97. The van der Waals surface area contributed by atoms with Gasteiger partial charge in [-0.1, -0.05) is 6.07 Å². The third-order valence-electron chi connectivity index (χ3n) is 3.27. The minimum absolute atomic E-state index is 0.0181. The van der Waals surface area contributed by atoms with Crippen LogP contribution in [0.15, 0.2) is 35.0 Å². The fourth-order valence-corrected chi connectivity index (χ4v) is 2.97. The Labute approximate surface area is 110 Å². The van der Waals surface area contributed by atoms with Gasteiger partial charge in [0.25, 0.3) is 0 Å². The molecule has 3 rings (SSSR count). The summed E-state index contributed by atoms with van der Waals surface area (Å²) in [6, 6.07) is 7.93. The van der Waals surface area contributed by atoms with Crippen LogP contribution in [0.25, 0.3) is 0 Å². The van der Waals surface area contributed by atoms with E-state index in [4.69, 9.17) is 15.2 Å². The van der Waals surface area contributed by atoms with Gasteiger partial charge in [0.15, 0.2) is 0 Å². The highest BCUT2D eigenvalue weighted by Crippen LogP contribution is 2.41. The van der Waals surface area contributed by atoms with Gasteiger partial charge in [-0.2, -0.15) is 11.3 Å². The molecular formula is C14H15NO2S. The Morgan fingerprint density at radius 2 is 2.28 bits per heavy atom. The number of methoxy groups -OCH3 is 1. The molecule has 1 aromatic heterocycles. The Hall–Kier alpha value is -1.52. The minimum atomic E-state index is 0.0181. The van der Waals surface area contributed by atoms with Crippen molar-refractivity contribution >= 4 is 11.3 Å². The standard InChI is InChI=1S/C14H15NO2S/c1-16-10-2-3-11-12(15)7-13(17-14(11)6-10)9-4-5-18-8-9/h2-6,8,12-13H,7,15H2,1H3/t12-,13?/m1/s1. The average Bonchev–Trinajstić information content (AvgIpc) is 2.91. The van der Waals surface area contributed by atoms with Gasteiger partial charge < -0.3 is 15.2 Å². The Bertz CT molecular complexity index is 539. The monoisotopic (exact) mass is 261 g/mol. The smallest absolute Gasteiger partial charge is 0.128 e. The first-order valence-corrected chi connectivity index (χ1v) is 6.84. The normalized spacial score (nSPS) is 22.1. The molecule has 0 spiro atoms. The molecule has 0 aliphatic carbocycles. The van der Waals surface area contributed by atoms with Crippen LogP contribution in [0, 0.1) is 0 Å². The lowest BCUT2D eigenvalue weighted by atomic mass is 9.95. The number of hydrogen-bond donors (Lipinski definition) is 1. The van der Waals surface area contributed by atoms with Crippen LogP contribution in [0.2, 0.25) is 0 Å². The summed E-state index contributed by atoms with van der Waals surface area (Å²) in [5.41, 5.74) is 8.47. The molecule has 0 bridgehead atoms. The van der Waals surface area contributed by atoms with Gasteiger partial charge in [0.05, 0.1) is 7.11 Å². The zero-order valence-corrected chi connectivity index (χ0v) is 10.9. The molecule has 1 unspecified atom stereocenters. The van der Waals surface area contributed by atoms with Crippen LogP contribution in [-0.4, -0.2) is 7.11 Å². The Morgan fingerprint density at radius 3 is 3.00 bits per heavy atom. The molecule has 1 aliphatic rings. The number of hydrogen-bond acceptors (Lipinski definition) is 4. The number of benzene rings is 1. The van der Waals surface area contributed by atoms with Crippen molar-refractivity contribution in [1.29, 1.82) is 0 Å². The van der Waals surface area contributed by atoms with Crippen molar-refractivity contribution in [3.8, 4) is 11.5 Å². The van der Waals surface area contributed by atoms with Gasteiger partial charge in [-0.15, -0.1) is 0 Å². The zero-order chi connectivity index (χ0) is 12.5. The molecule has 0 saturated heterocycles. The fraction of sp³-hybridized carbons (Fsp3) is 0.286. The van der Waals surface area contributed by atoms with E-state index in [-0.39, 0.29) is 12.1 Å². The van der Waals surface area contributed by atoms with Crippen LogP contribution < -0.4 is 15.2 Å². The van der Waals surface area contributed by atoms with Gasteiger partial charge in [0.1, 0.15) is 17.6 Å². The Kier molecular flexibility index (Phi) is 2.97. The molecule has 94 valence electrons. The van der Waals surface area contributed by atoms with Crippen molar-refractivity contribution in [2.75, 3.05) is 7.11 Å². The van der Waals surface area contributed by atoms with E-state index >= 15 is 0 Å². The van der Waals surface area contributed by atoms with E-state index in [2.05, 4.69) is 16.8 Å². The van der Waals surface area contributed by atoms with Gasteiger partial charge >= 0.3 is 0 Å². The summed E-state index contributed by atoms with van der Waals surface area (Å²) in [5, 5.41) is 4.17. The molecule has 2 atom stereocenters. The highest BCUT2D eigenvalue weighted by molar-refractivity contribution is 7.07. The molecule has 2 aromatic rings. The first-order valence-electron chi connectivity index (χ1n) is 5.90. The Balaban J connectivity index is 1.95. The average molecular weight is 261 g/mol. The Morgan fingerprint density at radius 1 is 1.39 bits per heavy atom. The van der Waals surface area contributed by atoms with Gasteiger partial charge in [0.2, 0.25) is 0 Å². The summed E-state index contributed by atoms with van der Waals surface area (Å²) >= 11 is 1.68. The predicted molar refractivity (Wildman–Crippen MR) is 72.2 cm³/mol. The van der Waals surface area contributed by atoms with Crippen LogP contribution in [0.5, 0.6) is 11.5 Å². The lowest BCUT2D eigenvalue weighted by molar-refractivity contribution is 0.161. The molecule has 0 amide bonds. The molecule has 1 aliphatic heterocycles. The van der Waals surface area contributed by atoms with Crippen LogP contribution in [-0.2, 0) is 0 Å². The molecular weight excluding hydrogens is 246 g/mol. The summed E-state index contributed by atoms with van der Waals surface area (Å²) < 4.78 is 11.3. The molecule has 3 nitrogen and oxygen atoms in total. The zero-order valence-electron chi connectivity index (χ0n) is 10.1. The fourth-order valence-electron chi connectivity index (χ4n) is 2.27. The first kappa shape index (κ1) is 11.6. The van der Waals surface area contributed by atoms with Gasteiger partial charge in [0, 0.05) is 29.7 Å². The van der Waals surface area contributed by atoms with Crippen molar-refractivity contribution in [3.05, 3.63) is 46.2 Å². The topological polar surface area (TPSA) is 44.5 Å².